The molecule has 15 heavy (non-hydrogen) atoms. The summed E-state index contributed by atoms with van der Waals surface area (Å²) in [6.45, 7) is 6.81. The van der Waals surface area contributed by atoms with Crippen molar-refractivity contribution in [2.45, 2.75) is 39.3 Å². The standard InChI is InChI=1S/C12H21N3/c1-10-8-12(10)9-13-11(2)4-7-15-6-3-5-14-15/h3,5-6,10-13H,4,7-9H2,1-2H3. The van der Waals surface area contributed by atoms with E-state index in [0.29, 0.717) is 6.04 Å². The van der Waals surface area contributed by atoms with Crippen LogP contribution in [-0.2, 0) is 6.54 Å². The SMILES string of the molecule is CC(CCn1cccn1)NCC1CC1C. The first-order valence-corrected chi connectivity index (χ1v) is 5.96. The van der Waals surface area contributed by atoms with Crippen LogP contribution in [0.4, 0.5) is 0 Å². The Morgan fingerprint density at radius 3 is 3.00 bits per heavy atom. The first-order chi connectivity index (χ1) is 7.25. The Balaban J connectivity index is 1.58. The van der Waals surface area contributed by atoms with Crippen molar-refractivity contribution in [3.05, 3.63) is 18.5 Å². The molecule has 1 aromatic rings. The molecule has 3 nitrogen and oxygen atoms in total. The molecule has 2 rings (SSSR count). The third-order valence-corrected chi connectivity index (χ3v) is 3.36. The zero-order chi connectivity index (χ0) is 10.7. The Kier molecular flexibility index (Phi) is 3.41. The lowest BCUT2D eigenvalue weighted by molar-refractivity contribution is 0.447. The molecule has 1 aliphatic carbocycles. The van der Waals surface area contributed by atoms with Crippen LogP contribution in [0.5, 0.6) is 0 Å². The fourth-order valence-electron chi connectivity index (χ4n) is 1.90. The molecule has 3 atom stereocenters. The molecular weight excluding hydrogens is 186 g/mol. The van der Waals surface area contributed by atoms with Crippen LogP contribution in [0.3, 0.4) is 0 Å². The molecule has 0 aliphatic heterocycles. The lowest BCUT2D eigenvalue weighted by Gasteiger charge is -2.13. The number of aromatic nitrogens is 2. The van der Waals surface area contributed by atoms with Gasteiger partial charge in [0.1, 0.15) is 0 Å². The van der Waals surface area contributed by atoms with E-state index >= 15 is 0 Å². The second kappa shape index (κ2) is 4.79. The van der Waals surface area contributed by atoms with Crippen LogP contribution in [0.25, 0.3) is 0 Å². The zero-order valence-corrected chi connectivity index (χ0v) is 9.69. The predicted molar refractivity (Wildman–Crippen MR) is 61.6 cm³/mol. The summed E-state index contributed by atoms with van der Waals surface area (Å²) in [6, 6.07) is 2.58. The molecule has 0 saturated heterocycles. The average molecular weight is 207 g/mol. The van der Waals surface area contributed by atoms with E-state index in [9.17, 15) is 0 Å². The Bertz CT molecular complexity index is 281. The highest BCUT2D eigenvalue weighted by molar-refractivity contribution is 4.85. The van der Waals surface area contributed by atoms with Gasteiger partial charge in [0.2, 0.25) is 0 Å². The van der Waals surface area contributed by atoms with Crippen molar-refractivity contribution in [2.24, 2.45) is 11.8 Å². The predicted octanol–water partition coefficient (Wildman–Crippen LogP) is 1.91. The van der Waals surface area contributed by atoms with Gasteiger partial charge in [0, 0.05) is 25.0 Å². The van der Waals surface area contributed by atoms with Crippen LogP contribution < -0.4 is 5.32 Å². The van der Waals surface area contributed by atoms with E-state index in [1.807, 2.05) is 23.1 Å². The second-order valence-electron chi connectivity index (χ2n) is 4.84. The van der Waals surface area contributed by atoms with Gasteiger partial charge in [0.15, 0.2) is 0 Å². The topological polar surface area (TPSA) is 29.9 Å². The molecule has 0 bridgehead atoms. The largest absolute Gasteiger partial charge is 0.314 e. The molecule has 1 heterocycles. The van der Waals surface area contributed by atoms with Crippen molar-refractivity contribution in [1.82, 2.24) is 15.1 Å². The molecule has 1 aromatic heterocycles. The lowest BCUT2D eigenvalue weighted by atomic mass is 10.2. The van der Waals surface area contributed by atoms with E-state index < -0.39 is 0 Å². The summed E-state index contributed by atoms with van der Waals surface area (Å²) in [5.74, 6) is 1.90. The van der Waals surface area contributed by atoms with Gasteiger partial charge < -0.3 is 5.32 Å². The summed E-state index contributed by atoms with van der Waals surface area (Å²) in [4.78, 5) is 0. The van der Waals surface area contributed by atoms with E-state index in [4.69, 9.17) is 0 Å². The van der Waals surface area contributed by atoms with Gasteiger partial charge in [-0.3, -0.25) is 4.68 Å². The molecule has 3 heteroatoms. The molecule has 0 aromatic carbocycles. The molecule has 3 unspecified atom stereocenters. The molecule has 0 amide bonds. The van der Waals surface area contributed by atoms with Crippen molar-refractivity contribution in [3.8, 4) is 0 Å². The van der Waals surface area contributed by atoms with E-state index in [0.717, 1.165) is 24.8 Å². The summed E-state index contributed by atoms with van der Waals surface area (Å²) < 4.78 is 2.00. The fourth-order valence-corrected chi connectivity index (χ4v) is 1.90. The second-order valence-corrected chi connectivity index (χ2v) is 4.84. The number of hydrogen-bond acceptors (Lipinski definition) is 2. The smallest absolute Gasteiger partial charge is 0.0489 e. The Hall–Kier alpha value is -0.830. The van der Waals surface area contributed by atoms with E-state index in [1.54, 1.807) is 0 Å². The van der Waals surface area contributed by atoms with Crippen LogP contribution in [-0.4, -0.2) is 22.4 Å². The Morgan fingerprint density at radius 2 is 2.40 bits per heavy atom. The first-order valence-electron chi connectivity index (χ1n) is 5.96. The summed E-state index contributed by atoms with van der Waals surface area (Å²) in [5, 5.41) is 7.79. The first kappa shape index (κ1) is 10.7. The summed E-state index contributed by atoms with van der Waals surface area (Å²) in [5.41, 5.74) is 0. The lowest BCUT2D eigenvalue weighted by Crippen LogP contribution is -2.29. The minimum absolute atomic E-state index is 0.599. The minimum Gasteiger partial charge on any atom is -0.314 e. The third-order valence-electron chi connectivity index (χ3n) is 3.36. The van der Waals surface area contributed by atoms with Crippen LogP contribution in [0.2, 0.25) is 0 Å². The molecule has 1 aliphatic rings. The van der Waals surface area contributed by atoms with Crippen LogP contribution in [0, 0.1) is 11.8 Å². The Morgan fingerprint density at radius 1 is 1.60 bits per heavy atom. The molecule has 0 spiro atoms. The molecule has 1 saturated carbocycles. The van der Waals surface area contributed by atoms with E-state index in [-0.39, 0.29) is 0 Å². The van der Waals surface area contributed by atoms with Crippen molar-refractivity contribution in [3.63, 3.8) is 0 Å². The van der Waals surface area contributed by atoms with Crippen LogP contribution in [0.1, 0.15) is 26.7 Å². The summed E-state index contributed by atoms with van der Waals surface area (Å²) >= 11 is 0. The van der Waals surface area contributed by atoms with Gasteiger partial charge in [-0.05, 0) is 44.2 Å². The van der Waals surface area contributed by atoms with Crippen molar-refractivity contribution in [1.29, 1.82) is 0 Å². The van der Waals surface area contributed by atoms with Crippen molar-refractivity contribution in [2.75, 3.05) is 6.54 Å². The molecular formula is C12H21N3. The maximum atomic E-state index is 4.20. The van der Waals surface area contributed by atoms with Gasteiger partial charge >= 0.3 is 0 Å². The molecule has 84 valence electrons. The number of aryl methyl sites for hydroxylation is 1. The quantitative estimate of drug-likeness (QED) is 0.772. The maximum Gasteiger partial charge on any atom is 0.0489 e. The summed E-state index contributed by atoms with van der Waals surface area (Å²) in [6.07, 6.45) is 6.43. The van der Waals surface area contributed by atoms with Gasteiger partial charge in [-0.25, -0.2) is 0 Å². The average Bonchev–Trinajstić information content (AvgIpc) is 2.73. The van der Waals surface area contributed by atoms with E-state index in [1.165, 1.54) is 13.0 Å². The third kappa shape index (κ3) is 3.34. The number of rotatable bonds is 6. The van der Waals surface area contributed by atoms with E-state index in [2.05, 4.69) is 24.3 Å². The number of hydrogen-bond donors (Lipinski definition) is 1. The number of nitrogens with zero attached hydrogens (tertiary/aromatic N) is 2. The van der Waals surface area contributed by atoms with Gasteiger partial charge in [-0.1, -0.05) is 6.92 Å². The fraction of sp³-hybridized carbons (Fsp3) is 0.750. The molecule has 1 fully saturated rings. The zero-order valence-electron chi connectivity index (χ0n) is 9.69. The van der Waals surface area contributed by atoms with Gasteiger partial charge in [-0.15, -0.1) is 0 Å². The van der Waals surface area contributed by atoms with Gasteiger partial charge in [0.05, 0.1) is 0 Å². The summed E-state index contributed by atoms with van der Waals surface area (Å²) in [7, 11) is 0. The van der Waals surface area contributed by atoms with Crippen LogP contribution >= 0.6 is 0 Å². The molecule has 1 N–H and O–H groups in total. The molecule has 0 radical (unpaired) electrons. The number of nitrogens with one attached hydrogen (secondary N) is 1. The highest BCUT2D eigenvalue weighted by atomic mass is 15.3. The Labute approximate surface area is 91.9 Å². The van der Waals surface area contributed by atoms with Gasteiger partial charge in [0.25, 0.3) is 0 Å². The van der Waals surface area contributed by atoms with Crippen molar-refractivity contribution >= 4 is 0 Å². The van der Waals surface area contributed by atoms with Crippen molar-refractivity contribution < 1.29 is 0 Å². The minimum atomic E-state index is 0.599. The monoisotopic (exact) mass is 207 g/mol. The highest BCUT2D eigenvalue weighted by Gasteiger charge is 2.31. The maximum absolute atomic E-state index is 4.20. The normalized spacial score (nSPS) is 26.5. The van der Waals surface area contributed by atoms with Crippen LogP contribution in [0.15, 0.2) is 18.5 Å². The highest BCUT2D eigenvalue weighted by Crippen LogP contribution is 2.36. The van der Waals surface area contributed by atoms with Gasteiger partial charge in [-0.2, -0.15) is 5.10 Å².